The van der Waals surface area contributed by atoms with Crippen molar-refractivity contribution in [2.24, 2.45) is 0 Å². The van der Waals surface area contributed by atoms with E-state index in [1.54, 1.807) is 43.5 Å². The van der Waals surface area contributed by atoms with E-state index in [4.69, 9.17) is 32.7 Å². The third kappa shape index (κ3) is 4.74. The highest BCUT2D eigenvalue weighted by atomic mass is 79.9. The molecule has 1 aliphatic rings. The maximum Gasteiger partial charge on any atom is 0.293 e. The van der Waals surface area contributed by atoms with Gasteiger partial charge in [-0.25, -0.2) is 0 Å². The Hall–Kier alpha value is -1.67. The lowest BCUT2D eigenvalue weighted by molar-refractivity contribution is -0.123. The van der Waals surface area contributed by atoms with Gasteiger partial charge < -0.3 is 9.47 Å². The number of methoxy groups -OCH3 is 1. The third-order valence-electron chi connectivity index (χ3n) is 4.09. The standard InChI is InChI=1S/C20H16BrCl2NO4S/c1-3-28-16-8-11(7-13(21)18(16)27-2)9-17-19(25)24(20(26)29-17)10-12-14(22)5-4-6-15(12)23/h4-9H,3,10H2,1-2H3/b17-9-. The monoisotopic (exact) mass is 515 g/mol. The topological polar surface area (TPSA) is 55.8 Å². The molecule has 0 spiro atoms. The number of benzene rings is 2. The summed E-state index contributed by atoms with van der Waals surface area (Å²) in [4.78, 5) is 26.7. The Morgan fingerprint density at radius 1 is 1.21 bits per heavy atom. The van der Waals surface area contributed by atoms with Crippen LogP contribution in [-0.4, -0.2) is 29.8 Å². The van der Waals surface area contributed by atoms with Gasteiger partial charge in [-0.15, -0.1) is 0 Å². The number of halogens is 3. The predicted molar refractivity (Wildman–Crippen MR) is 120 cm³/mol. The van der Waals surface area contributed by atoms with Gasteiger partial charge in [-0.3, -0.25) is 14.5 Å². The zero-order chi connectivity index (χ0) is 21.1. The first-order valence-corrected chi connectivity index (χ1v) is 10.9. The normalized spacial score (nSPS) is 15.3. The van der Waals surface area contributed by atoms with E-state index in [1.165, 1.54) is 0 Å². The highest BCUT2D eigenvalue weighted by Crippen LogP contribution is 2.39. The minimum absolute atomic E-state index is 0.0109. The van der Waals surface area contributed by atoms with E-state index in [0.29, 0.717) is 48.7 Å². The second-order valence-corrected chi connectivity index (χ2v) is 8.60. The van der Waals surface area contributed by atoms with Crippen LogP contribution in [0.1, 0.15) is 18.1 Å². The van der Waals surface area contributed by atoms with Crippen molar-refractivity contribution in [2.45, 2.75) is 13.5 Å². The van der Waals surface area contributed by atoms with Gasteiger partial charge in [-0.05, 0) is 70.5 Å². The quantitative estimate of drug-likeness (QED) is 0.416. The second-order valence-electron chi connectivity index (χ2n) is 5.94. The van der Waals surface area contributed by atoms with Gasteiger partial charge in [0, 0.05) is 15.6 Å². The molecule has 0 aromatic heterocycles. The summed E-state index contributed by atoms with van der Waals surface area (Å²) in [5.74, 6) is 0.698. The summed E-state index contributed by atoms with van der Waals surface area (Å²) in [5, 5.41) is 0.428. The molecular weight excluding hydrogens is 501 g/mol. The fourth-order valence-corrected chi connectivity index (χ4v) is 4.74. The molecular formula is C20H16BrCl2NO4S. The van der Waals surface area contributed by atoms with E-state index in [0.717, 1.165) is 16.7 Å². The Labute approximate surface area is 191 Å². The minimum Gasteiger partial charge on any atom is -0.492 e. The van der Waals surface area contributed by atoms with Gasteiger partial charge >= 0.3 is 0 Å². The average molecular weight is 517 g/mol. The van der Waals surface area contributed by atoms with Gasteiger partial charge in [0.2, 0.25) is 0 Å². The van der Waals surface area contributed by atoms with Crippen LogP contribution in [0, 0.1) is 0 Å². The number of rotatable bonds is 6. The lowest BCUT2D eigenvalue weighted by atomic mass is 10.1. The average Bonchev–Trinajstić information content (AvgIpc) is 2.92. The molecule has 0 aliphatic carbocycles. The van der Waals surface area contributed by atoms with E-state index in [-0.39, 0.29) is 11.8 Å². The van der Waals surface area contributed by atoms with Gasteiger partial charge in [0.1, 0.15) is 0 Å². The molecule has 0 unspecified atom stereocenters. The van der Waals surface area contributed by atoms with Crippen molar-refractivity contribution < 1.29 is 19.1 Å². The van der Waals surface area contributed by atoms with Crippen LogP contribution in [0.25, 0.3) is 6.08 Å². The van der Waals surface area contributed by atoms with Gasteiger partial charge in [-0.2, -0.15) is 0 Å². The predicted octanol–water partition coefficient (Wildman–Crippen LogP) is 6.40. The van der Waals surface area contributed by atoms with Crippen LogP contribution in [-0.2, 0) is 11.3 Å². The molecule has 3 rings (SSSR count). The lowest BCUT2D eigenvalue weighted by Gasteiger charge is -2.15. The Bertz CT molecular complexity index is 992. The van der Waals surface area contributed by atoms with Gasteiger partial charge in [0.05, 0.1) is 29.6 Å². The molecule has 0 radical (unpaired) electrons. The van der Waals surface area contributed by atoms with Gasteiger partial charge in [0.25, 0.3) is 11.1 Å². The zero-order valence-corrected chi connectivity index (χ0v) is 19.4. The molecule has 0 bridgehead atoms. The summed E-state index contributed by atoms with van der Waals surface area (Å²) in [5.41, 5.74) is 1.23. The highest BCUT2D eigenvalue weighted by Gasteiger charge is 2.35. The Balaban J connectivity index is 1.90. The number of amides is 2. The van der Waals surface area contributed by atoms with E-state index < -0.39 is 5.91 Å². The lowest BCUT2D eigenvalue weighted by Crippen LogP contribution is -2.27. The first-order valence-electron chi connectivity index (χ1n) is 8.54. The number of carbonyl (C=O) groups excluding carboxylic acids is 2. The number of thioether (sulfide) groups is 1. The van der Waals surface area contributed by atoms with Crippen molar-refractivity contribution in [2.75, 3.05) is 13.7 Å². The summed E-state index contributed by atoms with van der Waals surface area (Å²) in [7, 11) is 1.55. The molecule has 2 amide bonds. The molecule has 1 heterocycles. The third-order valence-corrected chi connectivity index (χ3v) is 6.29. The number of imide groups is 1. The molecule has 0 saturated carbocycles. The van der Waals surface area contributed by atoms with Crippen LogP contribution in [0.3, 0.4) is 0 Å². The van der Waals surface area contributed by atoms with Crippen LogP contribution in [0.4, 0.5) is 4.79 Å². The first-order chi connectivity index (χ1) is 13.8. The SMILES string of the molecule is CCOc1cc(/C=C2\SC(=O)N(Cc3c(Cl)cccc3Cl)C2=O)cc(Br)c1OC. The Morgan fingerprint density at radius 2 is 1.90 bits per heavy atom. The molecule has 152 valence electrons. The first kappa shape index (κ1) is 22.0. The van der Waals surface area contributed by atoms with Gasteiger partial charge in [-0.1, -0.05) is 29.3 Å². The molecule has 9 heteroatoms. The largest absolute Gasteiger partial charge is 0.492 e. The van der Waals surface area contributed by atoms with Crippen molar-refractivity contribution >= 4 is 68.1 Å². The molecule has 5 nitrogen and oxygen atoms in total. The van der Waals surface area contributed by atoms with Crippen molar-refractivity contribution in [1.29, 1.82) is 0 Å². The Morgan fingerprint density at radius 3 is 2.52 bits per heavy atom. The fourth-order valence-electron chi connectivity index (χ4n) is 2.76. The molecule has 29 heavy (non-hydrogen) atoms. The smallest absolute Gasteiger partial charge is 0.293 e. The van der Waals surface area contributed by atoms with E-state index >= 15 is 0 Å². The van der Waals surface area contributed by atoms with Crippen molar-refractivity contribution in [3.8, 4) is 11.5 Å². The minimum atomic E-state index is -0.402. The second kappa shape index (κ2) is 9.43. The van der Waals surface area contributed by atoms with Crippen molar-refractivity contribution in [1.82, 2.24) is 4.90 Å². The molecule has 1 aliphatic heterocycles. The van der Waals surface area contributed by atoms with Crippen LogP contribution >= 0.6 is 50.9 Å². The van der Waals surface area contributed by atoms with Crippen LogP contribution in [0.15, 0.2) is 39.7 Å². The number of carbonyl (C=O) groups is 2. The summed E-state index contributed by atoms with van der Waals surface area (Å²) in [6.07, 6.45) is 1.64. The molecule has 2 aromatic rings. The number of hydrogen-bond donors (Lipinski definition) is 0. The maximum atomic E-state index is 12.8. The number of ether oxygens (including phenoxy) is 2. The number of hydrogen-bond acceptors (Lipinski definition) is 5. The summed E-state index contributed by atoms with van der Waals surface area (Å²) in [6, 6.07) is 8.59. The molecule has 0 atom stereocenters. The molecule has 0 N–H and O–H groups in total. The van der Waals surface area contributed by atoms with Gasteiger partial charge in [0.15, 0.2) is 11.5 Å². The van der Waals surface area contributed by atoms with Crippen molar-refractivity contribution in [3.05, 3.63) is 60.9 Å². The molecule has 1 saturated heterocycles. The van der Waals surface area contributed by atoms with Crippen molar-refractivity contribution in [3.63, 3.8) is 0 Å². The summed E-state index contributed by atoms with van der Waals surface area (Å²) < 4.78 is 11.6. The van der Waals surface area contributed by atoms with Crippen LogP contribution in [0.2, 0.25) is 10.0 Å². The van der Waals surface area contributed by atoms with Crippen LogP contribution in [0.5, 0.6) is 11.5 Å². The molecule has 1 fully saturated rings. The number of nitrogens with zero attached hydrogens (tertiary/aromatic N) is 1. The summed E-state index contributed by atoms with van der Waals surface area (Å²) >= 11 is 16.7. The zero-order valence-electron chi connectivity index (χ0n) is 15.5. The molecule has 2 aromatic carbocycles. The Kier molecular flexibility index (Phi) is 7.16. The summed E-state index contributed by atoms with van der Waals surface area (Å²) in [6.45, 7) is 2.34. The maximum absolute atomic E-state index is 12.8. The highest BCUT2D eigenvalue weighted by molar-refractivity contribution is 9.10. The van der Waals surface area contributed by atoms with E-state index in [9.17, 15) is 9.59 Å². The van der Waals surface area contributed by atoms with E-state index in [2.05, 4.69) is 15.9 Å². The van der Waals surface area contributed by atoms with E-state index in [1.807, 2.05) is 6.92 Å². The fraction of sp³-hybridized carbons (Fsp3) is 0.200. The van der Waals surface area contributed by atoms with Crippen LogP contribution < -0.4 is 9.47 Å².